The van der Waals surface area contributed by atoms with Gasteiger partial charge in [0, 0.05) is 24.8 Å². The minimum Gasteiger partial charge on any atom is -0.491 e. The quantitative estimate of drug-likeness (QED) is 0.723. The van der Waals surface area contributed by atoms with Crippen molar-refractivity contribution in [3.63, 3.8) is 0 Å². The molecule has 0 radical (unpaired) electrons. The summed E-state index contributed by atoms with van der Waals surface area (Å²) in [5.74, 6) is 0.854. The largest absolute Gasteiger partial charge is 0.491 e. The summed E-state index contributed by atoms with van der Waals surface area (Å²) < 4.78 is 10.5. The lowest BCUT2D eigenvalue weighted by Gasteiger charge is -2.36. The molecule has 2 rings (SSSR count). The van der Waals surface area contributed by atoms with Gasteiger partial charge >= 0.3 is 0 Å². The minimum atomic E-state index is 0.0614. The summed E-state index contributed by atoms with van der Waals surface area (Å²) in [4.78, 5) is 0. The van der Waals surface area contributed by atoms with Gasteiger partial charge in [-0.3, -0.25) is 0 Å². The number of hydrogen-bond acceptors (Lipinski definition) is 4. The molecule has 0 saturated heterocycles. The first-order valence-corrected chi connectivity index (χ1v) is 7.85. The predicted octanol–water partition coefficient (Wildman–Crippen LogP) is 3.07. The van der Waals surface area contributed by atoms with Crippen molar-refractivity contribution in [3.05, 3.63) is 24.3 Å². The molecule has 0 heterocycles. The van der Waals surface area contributed by atoms with Crippen LogP contribution in [0.3, 0.4) is 0 Å². The Morgan fingerprint density at radius 2 is 1.81 bits per heavy atom. The molecule has 2 N–H and O–H groups in total. The predicted molar refractivity (Wildman–Crippen MR) is 84.9 cm³/mol. The van der Waals surface area contributed by atoms with Crippen molar-refractivity contribution >= 4 is 5.69 Å². The van der Waals surface area contributed by atoms with Crippen LogP contribution < -0.4 is 10.1 Å². The average Bonchev–Trinajstić information content (AvgIpc) is 2.55. The molecule has 0 amide bonds. The van der Waals surface area contributed by atoms with Gasteiger partial charge in [0.1, 0.15) is 12.4 Å². The number of rotatable bonds is 8. The summed E-state index contributed by atoms with van der Waals surface area (Å²) in [6.07, 6.45) is 6.00. The zero-order valence-electron chi connectivity index (χ0n) is 12.9. The monoisotopic (exact) mass is 293 g/mol. The van der Waals surface area contributed by atoms with Crippen LogP contribution in [0.25, 0.3) is 0 Å². The van der Waals surface area contributed by atoms with Gasteiger partial charge < -0.3 is 19.9 Å². The number of anilines is 1. The molecule has 1 aromatic rings. The van der Waals surface area contributed by atoms with E-state index in [1.54, 1.807) is 7.11 Å². The third-order valence-electron chi connectivity index (χ3n) is 4.33. The van der Waals surface area contributed by atoms with Crippen molar-refractivity contribution < 1.29 is 14.6 Å². The number of nitrogens with one attached hydrogen (secondary N) is 1. The van der Waals surface area contributed by atoms with E-state index in [4.69, 9.17) is 9.47 Å². The van der Waals surface area contributed by atoms with Gasteiger partial charge in [-0.25, -0.2) is 0 Å². The fraction of sp³-hybridized carbons (Fsp3) is 0.647. The van der Waals surface area contributed by atoms with Crippen molar-refractivity contribution in [2.75, 3.05) is 38.8 Å². The fourth-order valence-corrected chi connectivity index (χ4v) is 2.89. The highest BCUT2D eigenvalue weighted by molar-refractivity contribution is 5.46. The molecule has 4 heteroatoms. The van der Waals surface area contributed by atoms with Crippen LogP contribution in [-0.2, 0) is 4.74 Å². The van der Waals surface area contributed by atoms with Crippen LogP contribution in [0, 0.1) is 5.41 Å². The maximum atomic E-state index is 9.71. The zero-order chi connectivity index (χ0) is 15.0. The molecule has 0 spiro atoms. The molecule has 0 aromatic heterocycles. The van der Waals surface area contributed by atoms with Crippen LogP contribution in [-0.4, -0.2) is 38.6 Å². The van der Waals surface area contributed by atoms with Crippen LogP contribution in [0.4, 0.5) is 5.69 Å². The molecule has 1 saturated carbocycles. The fourth-order valence-electron chi connectivity index (χ4n) is 2.89. The average molecular weight is 293 g/mol. The lowest BCUT2D eigenvalue weighted by atomic mass is 9.74. The molecule has 0 atom stereocenters. The molecular weight excluding hydrogens is 266 g/mol. The van der Waals surface area contributed by atoms with E-state index in [2.05, 4.69) is 5.32 Å². The highest BCUT2D eigenvalue weighted by Crippen LogP contribution is 2.36. The third kappa shape index (κ3) is 4.90. The normalized spacial score (nSPS) is 17.4. The minimum absolute atomic E-state index is 0.0614. The number of aliphatic hydroxyl groups excluding tert-OH is 1. The first-order chi connectivity index (χ1) is 10.3. The molecular formula is C17H27NO3. The summed E-state index contributed by atoms with van der Waals surface area (Å²) >= 11 is 0. The molecule has 1 aromatic carbocycles. The highest BCUT2D eigenvalue weighted by atomic mass is 16.5. The van der Waals surface area contributed by atoms with Gasteiger partial charge in [0.15, 0.2) is 0 Å². The molecule has 4 nitrogen and oxygen atoms in total. The van der Waals surface area contributed by atoms with E-state index in [1.165, 1.54) is 19.3 Å². The van der Waals surface area contributed by atoms with E-state index in [0.29, 0.717) is 13.2 Å². The van der Waals surface area contributed by atoms with Gasteiger partial charge in [-0.2, -0.15) is 0 Å². The van der Waals surface area contributed by atoms with Crippen LogP contribution in [0.15, 0.2) is 24.3 Å². The Balaban J connectivity index is 1.82. The third-order valence-corrected chi connectivity index (χ3v) is 4.33. The molecule has 1 aliphatic rings. The smallest absolute Gasteiger partial charge is 0.119 e. The van der Waals surface area contributed by atoms with Crippen LogP contribution in [0.1, 0.15) is 32.1 Å². The van der Waals surface area contributed by atoms with Crippen LogP contribution >= 0.6 is 0 Å². The Morgan fingerprint density at radius 3 is 2.43 bits per heavy atom. The Labute approximate surface area is 127 Å². The summed E-state index contributed by atoms with van der Waals surface area (Å²) in [5.41, 5.74) is 1.14. The molecule has 21 heavy (non-hydrogen) atoms. The lowest BCUT2D eigenvalue weighted by molar-refractivity contribution is 0.0944. The van der Waals surface area contributed by atoms with Crippen molar-refractivity contribution in [1.29, 1.82) is 0 Å². The number of ether oxygens (including phenoxy) is 2. The van der Waals surface area contributed by atoms with E-state index >= 15 is 0 Å². The van der Waals surface area contributed by atoms with E-state index in [-0.39, 0.29) is 12.0 Å². The first kappa shape index (κ1) is 16.1. The van der Waals surface area contributed by atoms with Crippen molar-refractivity contribution in [1.82, 2.24) is 0 Å². The Morgan fingerprint density at radius 1 is 1.10 bits per heavy atom. The first-order valence-electron chi connectivity index (χ1n) is 7.85. The summed E-state index contributed by atoms with van der Waals surface area (Å²) in [5, 5.41) is 13.2. The Hall–Kier alpha value is -1.26. The highest BCUT2D eigenvalue weighted by Gasteiger charge is 2.30. The van der Waals surface area contributed by atoms with E-state index in [0.717, 1.165) is 30.8 Å². The number of hydrogen-bond donors (Lipinski definition) is 2. The summed E-state index contributed by atoms with van der Waals surface area (Å²) in [6, 6.07) is 7.97. The SMILES string of the molecule is COCCOc1ccc(NCC2(CO)CCCCC2)cc1. The maximum Gasteiger partial charge on any atom is 0.119 e. The standard InChI is InChI=1S/C17H27NO3/c1-20-11-12-21-16-7-5-15(6-8-16)18-13-17(14-19)9-3-2-4-10-17/h5-8,18-19H,2-4,9-14H2,1H3. The molecule has 0 aliphatic heterocycles. The van der Waals surface area contributed by atoms with Crippen LogP contribution in [0.5, 0.6) is 5.75 Å². The van der Waals surface area contributed by atoms with Crippen molar-refractivity contribution in [2.24, 2.45) is 5.41 Å². The number of benzene rings is 1. The molecule has 0 unspecified atom stereocenters. The molecule has 1 aliphatic carbocycles. The summed E-state index contributed by atoms with van der Waals surface area (Å²) in [6.45, 7) is 2.28. The second-order valence-corrected chi connectivity index (χ2v) is 5.94. The Kier molecular flexibility index (Phi) is 6.33. The summed E-state index contributed by atoms with van der Waals surface area (Å²) in [7, 11) is 1.67. The number of aliphatic hydroxyl groups is 1. The van der Waals surface area contributed by atoms with Gasteiger partial charge in [0.2, 0.25) is 0 Å². The maximum absolute atomic E-state index is 9.71. The topological polar surface area (TPSA) is 50.7 Å². The van der Waals surface area contributed by atoms with E-state index in [1.807, 2.05) is 24.3 Å². The van der Waals surface area contributed by atoms with Gasteiger partial charge in [-0.15, -0.1) is 0 Å². The van der Waals surface area contributed by atoms with Crippen molar-refractivity contribution in [2.45, 2.75) is 32.1 Å². The lowest BCUT2D eigenvalue weighted by Crippen LogP contribution is -2.35. The van der Waals surface area contributed by atoms with Gasteiger partial charge in [0.05, 0.1) is 13.2 Å². The van der Waals surface area contributed by atoms with E-state index < -0.39 is 0 Å². The Bertz CT molecular complexity index is 399. The molecule has 1 fully saturated rings. The molecule has 118 valence electrons. The van der Waals surface area contributed by atoms with E-state index in [9.17, 15) is 5.11 Å². The second-order valence-electron chi connectivity index (χ2n) is 5.94. The molecule has 0 bridgehead atoms. The number of methoxy groups -OCH3 is 1. The van der Waals surface area contributed by atoms with Gasteiger partial charge in [-0.05, 0) is 37.1 Å². The van der Waals surface area contributed by atoms with Crippen molar-refractivity contribution in [3.8, 4) is 5.75 Å². The second kappa shape index (κ2) is 8.25. The zero-order valence-corrected chi connectivity index (χ0v) is 12.9. The van der Waals surface area contributed by atoms with Gasteiger partial charge in [-0.1, -0.05) is 19.3 Å². The van der Waals surface area contributed by atoms with Crippen LogP contribution in [0.2, 0.25) is 0 Å². The van der Waals surface area contributed by atoms with Gasteiger partial charge in [0.25, 0.3) is 0 Å².